The number of amides is 1. The van der Waals surface area contributed by atoms with Crippen LogP contribution in [0.3, 0.4) is 0 Å². The van der Waals surface area contributed by atoms with Gasteiger partial charge >= 0.3 is 0 Å². The number of aryl methyl sites for hydroxylation is 2. The van der Waals surface area contributed by atoms with Crippen LogP contribution in [0.25, 0.3) is 5.70 Å². The van der Waals surface area contributed by atoms with E-state index in [4.69, 9.17) is 4.99 Å². The number of rotatable bonds is 6. The molecular weight excluding hydrogens is 408 g/mol. The highest BCUT2D eigenvalue weighted by atomic mass is 16.2. The molecule has 1 aromatic carbocycles. The molecule has 0 spiro atoms. The predicted molar refractivity (Wildman–Crippen MR) is 141 cm³/mol. The molecule has 0 aliphatic heterocycles. The molecule has 5 heteroatoms. The third kappa shape index (κ3) is 6.90. The molecule has 1 aromatic heterocycles. The molecule has 2 aromatic rings. The van der Waals surface area contributed by atoms with Gasteiger partial charge in [-0.25, -0.2) is 4.99 Å². The molecule has 1 amide bonds. The number of nitrogens with zero attached hydrogens (tertiary/aromatic N) is 3. The van der Waals surface area contributed by atoms with Crippen molar-refractivity contribution in [3.8, 4) is 0 Å². The van der Waals surface area contributed by atoms with Crippen molar-refractivity contribution < 1.29 is 6.22 Å². The summed E-state index contributed by atoms with van der Waals surface area (Å²) < 4.78 is 1.78. The van der Waals surface area contributed by atoms with Gasteiger partial charge in [-0.05, 0) is 72.2 Å². The van der Waals surface area contributed by atoms with Crippen LogP contribution in [0.1, 0.15) is 77.2 Å². The lowest BCUT2D eigenvalue weighted by molar-refractivity contribution is 0.0931. The summed E-state index contributed by atoms with van der Waals surface area (Å²) >= 11 is 0. The van der Waals surface area contributed by atoms with Crippen molar-refractivity contribution in [3.63, 3.8) is 0 Å². The number of hydrogen-bond donors (Lipinski definition) is 1. The number of aliphatic imine (C=N–C) groups is 1. The molecule has 1 N–H and O–H groups in total. The van der Waals surface area contributed by atoms with E-state index in [0.29, 0.717) is 5.69 Å². The van der Waals surface area contributed by atoms with Crippen LogP contribution >= 0.6 is 0 Å². The Kier molecular flexibility index (Phi) is 8.78. The van der Waals surface area contributed by atoms with Crippen LogP contribution in [-0.2, 0) is 5.54 Å². The van der Waals surface area contributed by atoms with Crippen molar-refractivity contribution in [3.05, 3.63) is 82.7 Å². The van der Waals surface area contributed by atoms with Gasteiger partial charge in [0.05, 0.1) is 23.0 Å². The van der Waals surface area contributed by atoms with Crippen LogP contribution in [-0.4, -0.2) is 27.4 Å². The Bertz CT molecular complexity index is 1130. The fraction of sp³-hybridized carbons (Fsp3) is 0.393. The zero-order chi connectivity index (χ0) is 24.8. The van der Waals surface area contributed by atoms with Crippen molar-refractivity contribution in [1.29, 1.82) is 0 Å². The molecule has 3 rings (SSSR count). The molecule has 5 nitrogen and oxygen atoms in total. The number of allylic oxidation sites excluding steroid dienone is 2. The maximum atomic E-state index is 13.1. The minimum atomic E-state index is -0.291. The Balaban J connectivity index is 0.00000188. The highest BCUT2D eigenvalue weighted by Crippen LogP contribution is 2.25. The summed E-state index contributed by atoms with van der Waals surface area (Å²) in [6, 6.07) is 9.73. The van der Waals surface area contributed by atoms with Gasteiger partial charge < -0.3 is 5.32 Å². The van der Waals surface area contributed by atoms with Crippen molar-refractivity contribution in [2.45, 2.75) is 73.9 Å². The zero-order valence-electron chi connectivity index (χ0n) is 21.4. The average molecular weight is 448 g/mol. The van der Waals surface area contributed by atoms with E-state index < -0.39 is 0 Å². The first-order chi connectivity index (χ1) is 15.6. The molecule has 0 bridgehead atoms. The van der Waals surface area contributed by atoms with Gasteiger partial charge in [-0.2, -0.15) is 5.10 Å². The lowest BCUT2D eigenvalue weighted by Gasteiger charge is -2.23. The van der Waals surface area contributed by atoms with Gasteiger partial charge in [-0.15, -0.1) is 0 Å². The predicted octanol–water partition coefficient (Wildman–Crippen LogP) is 6.45. The van der Waals surface area contributed by atoms with E-state index in [1.165, 1.54) is 0 Å². The number of nitrogens with one attached hydrogen (secondary N) is 1. The van der Waals surface area contributed by atoms with Crippen LogP contribution < -0.4 is 5.32 Å². The maximum absolute atomic E-state index is 13.1. The third-order valence-electron chi connectivity index (χ3n) is 4.89. The largest absolute Gasteiger partial charge is 0.343 e. The van der Waals surface area contributed by atoms with Crippen LogP contribution in [0.2, 0.25) is 0 Å². The van der Waals surface area contributed by atoms with Crippen molar-refractivity contribution >= 4 is 17.3 Å². The standard InChI is InChI=1S/C26H31N4O.C2H6.H2/c1-8-10-22(21-12-9-11-17(2)15-21)28-24(20-13-14-20)19(4)27-25(31)23-16-18(3)29-30(23)26(5,6)7;1-2;/h8-9,11-16,19H,1-7H3,(H,27,31);1-2H3;1H. The van der Waals surface area contributed by atoms with Gasteiger partial charge in [0.1, 0.15) is 11.4 Å². The van der Waals surface area contributed by atoms with E-state index in [-0.39, 0.29) is 18.9 Å². The number of carbonyl (C=O) groups is 1. The zero-order valence-corrected chi connectivity index (χ0v) is 21.4. The van der Waals surface area contributed by atoms with Crippen molar-refractivity contribution in [2.24, 2.45) is 4.99 Å². The normalized spacial score (nSPS) is 13.7. The SMILES string of the molecule is CC.CC=C=C(N=C(C1=C[CH]1)C(C)NC(=O)c1cc(C)nn1C(C)(C)C)c1cccc(C)c1.[HH]. The minimum absolute atomic E-state index is 0. The highest BCUT2D eigenvalue weighted by molar-refractivity contribution is 6.13. The first-order valence-electron chi connectivity index (χ1n) is 11.6. The fourth-order valence-electron chi connectivity index (χ4n) is 3.36. The summed E-state index contributed by atoms with van der Waals surface area (Å²) in [6.45, 7) is 17.9. The van der Waals surface area contributed by atoms with E-state index in [0.717, 1.165) is 33.8 Å². The third-order valence-corrected chi connectivity index (χ3v) is 4.89. The number of hydrogen-bond acceptors (Lipinski definition) is 3. The van der Waals surface area contributed by atoms with Crippen molar-refractivity contribution in [2.75, 3.05) is 0 Å². The fourth-order valence-corrected chi connectivity index (χ4v) is 3.36. The molecule has 1 aliphatic carbocycles. The first-order valence-corrected chi connectivity index (χ1v) is 11.6. The van der Waals surface area contributed by atoms with Gasteiger partial charge in [0, 0.05) is 13.4 Å². The Morgan fingerprint density at radius 1 is 1.24 bits per heavy atom. The molecule has 1 unspecified atom stereocenters. The van der Waals surface area contributed by atoms with Crippen LogP contribution in [0.5, 0.6) is 0 Å². The van der Waals surface area contributed by atoms with E-state index in [2.05, 4.69) is 35.2 Å². The van der Waals surface area contributed by atoms with E-state index in [1.54, 1.807) is 4.68 Å². The molecule has 177 valence electrons. The van der Waals surface area contributed by atoms with Crippen LogP contribution in [0.15, 0.2) is 58.8 Å². The Morgan fingerprint density at radius 2 is 1.91 bits per heavy atom. The lowest BCUT2D eigenvalue weighted by atomic mass is 10.1. The topological polar surface area (TPSA) is 59.3 Å². The summed E-state index contributed by atoms with van der Waals surface area (Å²) in [5, 5.41) is 7.62. The minimum Gasteiger partial charge on any atom is -0.343 e. The van der Waals surface area contributed by atoms with Gasteiger partial charge in [0.2, 0.25) is 0 Å². The monoisotopic (exact) mass is 447 g/mol. The second-order valence-electron chi connectivity index (χ2n) is 8.89. The van der Waals surface area contributed by atoms with Crippen LogP contribution in [0, 0.1) is 20.3 Å². The summed E-state index contributed by atoms with van der Waals surface area (Å²) in [4.78, 5) is 18.0. The van der Waals surface area contributed by atoms with E-state index >= 15 is 0 Å². The van der Waals surface area contributed by atoms with E-state index in [9.17, 15) is 4.79 Å². The van der Waals surface area contributed by atoms with Crippen LogP contribution in [0.4, 0.5) is 0 Å². The summed E-state index contributed by atoms with van der Waals surface area (Å²) in [5.41, 5.74) is 9.09. The molecule has 1 radical (unpaired) electrons. The maximum Gasteiger partial charge on any atom is 0.270 e. The summed E-state index contributed by atoms with van der Waals surface area (Å²) in [5.74, 6) is -0.163. The second-order valence-corrected chi connectivity index (χ2v) is 8.89. The molecule has 1 atom stereocenters. The van der Waals surface area contributed by atoms with Crippen molar-refractivity contribution in [1.82, 2.24) is 15.1 Å². The number of aromatic nitrogens is 2. The molecule has 0 fully saturated rings. The Morgan fingerprint density at radius 3 is 2.45 bits per heavy atom. The smallest absolute Gasteiger partial charge is 0.270 e. The van der Waals surface area contributed by atoms with Gasteiger partial charge in [0.25, 0.3) is 5.91 Å². The molecular formula is C28H39N4O. The molecule has 0 saturated carbocycles. The summed E-state index contributed by atoms with van der Waals surface area (Å²) in [6.07, 6.45) is 5.88. The molecule has 1 heterocycles. The van der Waals surface area contributed by atoms with Gasteiger partial charge in [0.15, 0.2) is 0 Å². The Hall–Kier alpha value is -3.17. The van der Waals surface area contributed by atoms with Gasteiger partial charge in [-0.3, -0.25) is 9.48 Å². The highest BCUT2D eigenvalue weighted by Gasteiger charge is 2.27. The number of benzene rings is 1. The molecule has 33 heavy (non-hydrogen) atoms. The lowest BCUT2D eigenvalue weighted by Crippen LogP contribution is -2.40. The summed E-state index contributed by atoms with van der Waals surface area (Å²) in [7, 11) is 0. The Labute approximate surface area is 200 Å². The number of carbonyl (C=O) groups excluding carboxylic acids is 1. The molecule has 1 aliphatic rings. The van der Waals surface area contributed by atoms with E-state index in [1.807, 2.05) is 92.2 Å². The van der Waals surface area contributed by atoms with Gasteiger partial charge in [-0.1, -0.05) is 49.4 Å². The molecule has 0 saturated heterocycles. The quantitative estimate of drug-likeness (QED) is 0.409. The average Bonchev–Trinajstić information content (AvgIpc) is 3.51. The second kappa shape index (κ2) is 11.1. The first kappa shape index (κ1) is 26.1.